The Kier molecular flexibility index (Phi) is 6.37. The van der Waals surface area contributed by atoms with Crippen LogP contribution in [0.1, 0.15) is 26.7 Å². The van der Waals surface area contributed by atoms with Gasteiger partial charge in [0.1, 0.15) is 5.75 Å². The van der Waals surface area contributed by atoms with Crippen molar-refractivity contribution in [1.82, 2.24) is 4.31 Å². The van der Waals surface area contributed by atoms with E-state index in [1.54, 1.807) is 24.3 Å². The van der Waals surface area contributed by atoms with Crippen LogP contribution in [0.5, 0.6) is 11.5 Å². The number of nitro benzene ring substituents is 1. The van der Waals surface area contributed by atoms with Crippen LogP contribution in [-0.2, 0) is 14.8 Å². The van der Waals surface area contributed by atoms with Crippen molar-refractivity contribution in [2.45, 2.75) is 31.6 Å². The number of rotatable bonds is 6. The molecule has 10 heteroatoms. The number of nitro groups is 1. The minimum absolute atomic E-state index is 0.0708. The van der Waals surface area contributed by atoms with Crippen LogP contribution in [0, 0.1) is 16.0 Å². The molecule has 1 saturated heterocycles. The average Bonchev–Trinajstić information content (AvgIpc) is 2.69. The number of piperidine rings is 1. The number of hydrogen-bond donors (Lipinski definition) is 1. The average molecular weight is 433 g/mol. The summed E-state index contributed by atoms with van der Waals surface area (Å²) >= 11 is 0. The Hall–Kier alpha value is -2.98. The molecule has 1 N–H and O–H groups in total. The monoisotopic (exact) mass is 433 g/mol. The van der Waals surface area contributed by atoms with Gasteiger partial charge in [0.05, 0.1) is 9.82 Å². The number of amides is 1. The second-order valence-electron chi connectivity index (χ2n) is 7.28. The molecule has 1 amide bonds. The van der Waals surface area contributed by atoms with Gasteiger partial charge in [0.25, 0.3) is 0 Å². The molecule has 2 aromatic carbocycles. The summed E-state index contributed by atoms with van der Waals surface area (Å²) in [6, 6.07) is 9.94. The zero-order valence-corrected chi connectivity index (χ0v) is 17.5. The van der Waals surface area contributed by atoms with Gasteiger partial charge >= 0.3 is 5.69 Å². The smallest absolute Gasteiger partial charge is 0.312 e. The van der Waals surface area contributed by atoms with Gasteiger partial charge in [0.15, 0.2) is 0 Å². The number of benzene rings is 2. The summed E-state index contributed by atoms with van der Waals surface area (Å²) in [6.45, 7) is 4.25. The van der Waals surface area contributed by atoms with Gasteiger partial charge in [0.2, 0.25) is 21.7 Å². The maximum Gasteiger partial charge on any atom is 0.312 e. The fraction of sp³-hybridized carbons (Fsp3) is 0.350. The van der Waals surface area contributed by atoms with Crippen molar-refractivity contribution in [3.05, 3.63) is 52.6 Å². The van der Waals surface area contributed by atoms with Gasteiger partial charge in [-0.2, -0.15) is 4.31 Å². The van der Waals surface area contributed by atoms with Crippen LogP contribution in [0.25, 0.3) is 0 Å². The number of ether oxygens (including phenoxy) is 1. The van der Waals surface area contributed by atoms with E-state index in [2.05, 4.69) is 12.2 Å². The largest absolute Gasteiger partial charge is 0.450 e. The Labute approximate surface area is 174 Å². The number of hydrogen-bond acceptors (Lipinski definition) is 6. The molecule has 1 fully saturated rings. The number of sulfonamides is 1. The first-order chi connectivity index (χ1) is 14.2. The molecule has 0 saturated carbocycles. The van der Waals surface area contributed by atoms with E-state index in [-0.39, 0.29) is 16.6 Å². The molecule has 0 spiro atoms. The zero-order chi connectivity index (χ0) is 21.9. The lowest BCUT2D eigenvalue weighted by Gasteiger charge is -2.29. The summed E-state index contributed by atoms with van der Waals surface area (Å²) in [5.74, 6) is 0.476. The molecule has 1 aliphatic rings. The molecule has 0 atom stereocenters. The Balaban J connectivity index is 1.85. The predicted molar refractivity (Wildman–Crippen MR) is 111 cm³/mol. The van der Waals surface area contributed by atoms with Crippen LogP contribution in [0.2, 0.25) is 0 Å². The molecule has 160 valence electrons. The molecule has 2 aromatic rings. The van der Waals surface area contributed by atoms with Crippen molar-refractivity contribution < 1.29 is 22.9 Å². The normalized spacial score (nSPS) is 15.5. The molecule has 0 radical (unpaired) electrons. The van der Waals surface area contributed by atoms with E-state index in [9.17, 15) is 23.3 Å². The molecular weight excluding hydrogens is 410 g/mol. The highest BCUT2D eigenvalue weighted by atomic mass is 32.2. The van der Waals surface area contributed by atoms with Crippen LogP contribution in [-0.4, -0.2) is 36.6 Å². The topological polar surface area (TPSA) is 119 Å². The predicted octanol–water partition coefficient (Wildman–Crippen LogP) is 3.77. The van der Waals surface area contributed by atoms with Crippen molar-refractivity contribution in [2.24, 2.45) is 5.92 Å². The molecule has 0 unspecified atom stereocenters. The highest BCUT2D eigenvalue weighted by Gasteiger charge is 2.30. The number of nitrogens with zero attached hydrogens (tertiary/aromatic N) is 2. The third-order valence-corrected chi connectivity index (χ3v) is 6.80. The molecular formula is C20H23N3O6S. The van der Waals surface area contributed by atoms with E-state index in [1.807, 2.05) is 0 Å². The summed E-state index contributed by atoms with van der Waals surface area (Å²) in [4.78, 5) is 21.8. The Morgan fingerprint density at radius 2 is 1.80 bits per heavy atom. The second-order valence-corrected chi connectivity index (χ2v) is 9.22. The van der Waals surface area contributed by atoms with E-state index < -0.39 is 20.6 Å². The first-order valence-corrected chi connectivity index (χ1v) is 10.9. The quantitative estimate of drug-likeness (QED) is 0.547. The van der Waals surface area contributed by atoms with E-state index in [1.165, 1.54) is 23.4 Å². The van der Waals surface area contributed by atoms with Crippen LogP contribution in [0.4, 0.5) is 11.4 Å². The molecule has 1 aliphatic heterocycles. The SMILES string of the molecule is CC(=O)Nc1ccc(Oc2ccc(S(=O)(=O)N3CCC(C)CC3)cc2[N+](=O)[O-])cc1. The van der Waals surface area contributed by atoms with Gasteiger partial charge in [-0.3, -0.25) is 14.9 Å². The van der Waals surface area contributed by atoms with Gasteiger partial charge in [0, 0.05) is 31.8 Å². The second kappa shape index (κ2) is 8.80. The summed E-state index contributed by atoms with van der Waals surface area (Å²) in [5, 5.41) is 14.2. The first-order valence-electron chi connectivity index (χ1n) is 9.51. The number of anilines is 1. The number of carbonyl (C=O) groups is 1. The summed E-state index contributed by atoms with van der Waals surface area (Å²) in [7, 11) is -3.82. The lowest BCUT2D eigenvalue weighted by molar-refractivity contribution is -0.385. The lowest BCUT2D eigenvalue weighted by atomic mass is 10.0. The van der Waals surface area contributed by atoms with Crippen LogP contribution in [0.15, 0.2) is 47.4 Å². The first kappa shape index (κ1) is 21.7. The molecule has 3 rings (SSSR count). The third kappa shape index (κ3) is 4.95. The summed E-state index contributed by atoms with van der Waals surface area (Å²) in [6.07, 6.45) is 1.52. The van der Waals surface area contributed by atoms with E-state index in [0.29, 0.717) is 30.4 Å². The highest BCUT2D eigenvalue weighted by Crippen LogP contribution is 2.35. The molecule has 9 nitrogen and oxygen atoms in total. The molecule has 0 aromatic heterocycles. The maximum absolute atomic E-state index is 12.9. The van der Waals surface area contributed by atoms with Crippen molar-refractivity contribution >= 4 is 27.3 Å². The van der Waals surface area contributed by atoms with Crippen LogP contribution in [0.3, 0.4) is 0 Å². The van der Waals surface area contributed by atoms with E-state index in [4.69, 9.17) is 4.74 Å². The Bertz CT molecular complexity index is 1040. The fourth-order valence-corrected chi connectivity index (χ4v) is 4.69. The fourth-order valence-electron chi connectivity index (χ4n) is 3.20. The highest BCUT2D eigenvalue weighted by molar-refractivity contribution is 7.89. The summed E-state index contributed by atoms with van der Waals surface area (Å²) < 4.78 is 32.7. The van der Waals surface area contributed by atoms with Gasteiger partial charge in [-0.15, -0.1) is 0 Å². The van der Waals surface area contributed by atoms with Crippen LogP contribution >= 0.6 is 0 Å². The van der Waals surface area contributed by atoms with E-state index >= 15 is 0 Å². The minimum Gasteiger partial charge on any atom is -0.450 e. The van der Waals surface area contributed by atoms with Crippen molar-refractivity contribution in [2.75, 3.05) is 18.4 Å². The standard InChI is InChI=1S/C20H23N3O6S/c1-14-9-11-22(12-10-14)30(27,28)18-7-8-20(19(13-18)23(25)26)29-17-5-3-16(4-6-17)21-15(2)24/h3-8,13-14H,9-12H2,1-2H3,(H,21,24). The minimum atomic E-state index is -3.82. The van der Waals surface area contributed by atoms with Crippen molar-refractivity contribution in [3.63, 3.8) is 0 Å². The number of nitrogens with one attached hydrogen (secondary N) is 1. The number of carbonyl (C=O) groups excluding carboxylic acids is 1. The zero-order valence-electron chi connectivity index (χ0n) is 16.7. The van der Waals surface area contributed by atoms with E-state index in [0.717, 1.165) is 18.9 Å². The third-order valence-electron chi connectivity index (χ3n) is 4.91. The Morgan fingerprint density at radius 3 is 2.37 bits per heavy atom. The van der Waals surface area contributed by atoms with Crippen LogP contribution < -0.4 is 10.1 Å². The lowest BCUT2D eigenvalue weighted by Crippen LogP contribution is -2.37. The summed E-state index contributed by atoms with van der Waals surface area (Å²) in [5.41, 5.74) is 0.119. The molecule has 1 heterocycles. The molecule has 0 aliphatic carbocycles. The van der Waals surface area contributed by atoms with Crippen molar-refractivity contribution in [1.29, 1.82) is 0 Å². The van der Waals surface area contributed by atoms with Gasteiger partial charge < -0.3 is 10.1 Å². The maximum atomic E-state index is 12.9. The molecule has 30 heavy (non-hydrogen) atoms. The molecule has 0 bridgehead atoms. The van der Waals surface area contributed by atoms with Gasteiger partial charge in [-0.1, -0.05) is 6.92 Å². The Morgan fingerprint density at radius 1 is 1.17 bits per heavy atom. The van der Waals surface area contributed by atoms with Gasteiger partial charge in [-0.05, 0) is 55.2 Å². The van der Waals surface area contributed by atoms with Gasteiger partial charge in [-0.25, -0.2) is 8.42 Å². The van der Waals surface area contributed by atoms with Crippen molar-refractivity contribution in [3.8, 4) is 11.5 Å².